The van der Waals surface area contributed by atoms with Crippen LogP contribution in [0.5, 0.6) is 0 Å². The van der Waals surface area contributed by atoms with Crippen molar-refractivity contribution in [3.63, 3.8) is 0 Å². The molecule has 0 bridgehead atoms. The fraction of sp³-hybridized carbons (Fsp3) is 0.360. The number of rotatable bonds is 3. The van der Waals surface area contributed by atoms with E-state index in [0.29, 0.717) is 18.3 Å². The van der Waals surface area contributed by atoms with E-state index in [2.05, 4.69) is 53.3 Å². The van der Waals surface area contributed by atoms with Crippen LogP contribution in [-0.2, 0) is 11.2 Å². The molecule has 2 aliphatic heterocycles. The van der Waals surface area contributed by atoms with Crippen molar-refractivity contribution >= 4 is 34.8 Å². The predicted molar refractivity (Wildman–Crippen MR) is 126 cm³/mol. The highest BCUT2D eigenvalue weighted by atomic mass is 16.1. The Morgan fingerprint density at radius 2 is 2.03 bits per heavy atom. The molecular formula is C25H30N4O. The molecule has 0 spiro atoms. The fourth-order valence-electron chi connectivity index (χ4n) is 4.67. The molecule has 0 aliphatic carbocycles. The van der Waals surface area contributed by atoms with E-state index in [1.165, 1.54) is 22.5 Å². The number of nitrogens with one attached hydrogen (secondary N) is 1. The molecule has 0 unspecified atom stereocenters. The SMILES string of the molecule is CN=CC(=CN)c1ccc2c(c1)[C@@H](C)CCN2c1cccc2c1C[C@H](C)CC(=O)N2. The number of allylic oxidation sites excluding steroid dienone is 1. The number of carbonyl (C=O) groups is 1. The first-order valence-electron chi connectivity index (χ1n) is 10.7. The molecule has 5 nitrogen and oxygen atoms in total. The molecule has 2 atom stereocenters. The van der Waals surface area contributed by atoms with Gasteiger partial charge in [-0.15, -0.1) is 0 Å². The third-order valence-corrected chi connectivity index (χ3v) is 6.22. The van der Waals surface area contributed by atoms with Crippen LogP contribution in [0, 0.1) is 5.92 Å². The summed E-state index contributed by atoms with van der Waals surface area (Å²) >= 11 is 0. The summed E-state index contributed by atoms with van der Waals surface area (Å²) in [5, 5.41) is 3.11. The second-order valence-corrected chi connectivity index (χ2v) is 8.49. The van der Waals surface area contributed by atoms with Crippen molar-refractivity contribution in [2.45, 2.75) is 39.0 Å². The number of aliphatic imine (C=N–C) groups is 1. The van der Waals surface area contributed by atoms with Gasteiger partial charge in [-0.2, -0.15) is 0 Å². The average molecular weight is 403 g/mol. The molecule has 2 aromatic rings. The van der Waals surface area contributed by atoms with E-state index in [1.54, 1.807) is 19.5 Å². The molecule has 30 heavy (non-hydrogen) atoms. The van der Waals surface area contributed by atoms with Gasteiger partial charge in [0.05, 0.1) is 0 Å². The van der Waals surface area contributed by atoms with E-state index < -0.39 is 0 Å². The summed E-state index contributed by atoms with van der Waals surface area (Å²) in [6.07, 6.45) is 5.95. The number of hydrogen-bond donors (Lipinski definition) is 2. The molecule has 3 N–H and O–H groups in total. The van der Waals surface area contributed by atoms with Crippen LogP contribution in [0.25, 0.3) is 5.57 Å². The zero-order valence-corrected chi connectivity index (χ0v) is 18.0. The van der Waals surface area contributed by atoms with Crippen molar-refractivity contribution in [3.8, 4) is 0 Å². The molecule has 0 radical (unpaired) electrons. The number of benzene rings is 2. The Hall–Kier alpha value is -3.08. The Balaban J connectivity index is 1.80. The lowest BCUT2D eigenvalue weighted by atomic mass is 9.88. The van der Waals surface area contributed by atoms with Gasteiger partial charge in [-0.1, -0.05) is 26.0 Å². The van der Waals surface area contributed by atoms with Crippen LogP contribution >= 0.6 is 0 Å². The van der Waals surface area contributed by atoms with E-state index >= 15 is 0 Å². The molecule has 4 rings (SSSR count). The molecule has 156 valence electrons. The second-order valence-electron chi connectivity index (χ2n) is 8.49. The Morgan fingerprint density at radius 1 is 1.20 bits per heavy atom. The maximum Gasteiger partial charge on any atom is 0.224 e. The van der Waals surface area contributed by atoms with Gasteiger partial charge in [0.2, 0.25) is 5.91 Å². The molecule has 5 heteroatoms. The minimum absolute atomic E-state index is 0.106. The standard InChI is InChI=1S/C25H30N4O/c1-16-11-21-22(28-25(30)12-16)5-4-6-23(21)29-10-9-17(2)20-13-18(7-8-24(20)29)19(14-26)15-27-3/h4-8,13-17H,9-12,26H2,1-3H3,(H,28,30)/t16-,17-/m0/s1. The third-order valence-electron chi connectivity index (χ3n) is 6.22. The van der Waals surface area contributed by atoms with Crippen LogP contribution < -0.4 is 16.0 Å². The summed E-state index contributed by atoms with van der Waals surface area (Å²) in [4.78, 5) is 18.8. The van der Waals surface area contributed by atoms with E-state index in [-0.39, 0.29) is 5.91 Å². The normalized spacial score (nSPS) is 21.8. The zero-order valence-electron chi connectivity index (χ0n) is 18.0. The Morgan fingerprint density at radius 3 is 2.80 bits per heavy atom. The molecule has 2 heterocycles. The van der Waals surface area contributed by atoms with Crippen LogP contribution in [0.4, 0.5) is 17.1 Å². The molecule has 0 saturated heterocycles. The van der Waals surface area contributed by atoms with Crippen LogP contribution in [0.2, 0.25) is 0 Å². The number of nitrogens with zero attached hydrogens (tertiary/aromatic N) is 2. The first kappa shape index (κ1) is 20.2. The van der Waals surface area contributed by atoms with Gasteiger partial charge >= 0.3 is 0 Å². The summed E-state index contributed by atoms with van der Waals surface area (Å²) in [7, 11) is 1.76. The van der Waals surface area contributed by atoms with Gasteiger partial charge in [-0.25, -0.2) is 0 Å². The Kier molecular flexibility index (Phi) is 5.62. The molecule has 0 aromatic heterocycles. The number of anilines is 3. The molecule has 2 aromatic carbocycles. The van der Waals surface area contributed by atoms with Crippen molar-refractivity contribution in [1.82, 2.24) is 0 Å². The monoisotopic (exact) mass is 402 g/mol. The van der Waals surface area contributed by atoms with Crippen LogP contribution in [0.1, 0.15) is 49.3 Å². The van der Waals surface area contributed by atoms with Gasteiger partial charge in [0.25, 0.3) is 0 Å². The third kappa shape index (κ3) is 3.72. The van der Waals surface area contributed by atoms with E-state index in [9.17, 15) is 4.79 Å². The molecule has 1 amide bonds. The lowest BCUT2D eigenvalue weighted by molar-refractivity contribution is -0.116. The smallest absolute Gasteiger partial charge is 0.224 e. The maximum absolute atomic E-state index is 12.2. The van der Waals surface area contributed by atoms with Crippen molar-refractivity contribution in [1.29, 1.82) is 0 Å². The highest BCUT2D eigenvalue weighted by Crippen LogP contribution is 2.43. The van der Waals surface area contributed by atoms with Gasteiger partial charge in [0, 0.05) is 55.1 Å². The lowest BCUT2D eigenvalue weighted by Crippen LogP contribution is -2.27. The minimum Gasteiger partial charge on any atom is -0.404 e. The van der Waals surface area contributed by atoms with Gasteiger partial charge in [0.1, 0.15) is 0 Å². The van der Waals surface area contributed by atoms with Gasteiger partial charge < -0.3 is 16.0 Å². The van der Waals surface area contributed by atoms with Crippen molar-refractivity contribution in [2.75, 3.05) is 23.8 Å². The number of carbonyl (C=O) groups excluding carboxylic acids is 1. The number of hydrogen-bond acceptors (Lipinski definition) is 4. The highest BCUT2D eigenvalue weighted by molar-refractivity contribution is 6.09. The summed E-state index contributed by atoms with van der Waals surface area (Å²) in [6.45, 7) is 5.40. The van der Waals surface area contributed by atoms with Crippen molar-refractivity contribution in [3.05, 3.63) is 59.3 Å². The molecule has 0 fully saturated rings. The van der Waals surface area contributed by atoms with Gasteiger partial charge in [-0.3, -0.25) is 9.79 Å². The van der Waals surface area contributed by atoms with E-state index in [0.717, 1.165) is 36.2 Å². The minimum atomic E-state index is 0.106. The summed E-state index contributed by atoms with van der Waals surface area (Å²) in [6, 6.07) is 12.8. The zero-order chi connectivity index (χ0) is 21.3. The Bertz CT molecular complexity index is 1020. The number of fused-ring (bicyclic) bond motifs is 2. The molecular weight excluding hydrogens is 372 g/mol. The fourth-order valence-corrected chi connectivity index (χ4v) is 4.67. The number of nitrogens with two attached hydrogens (primary N) is 1. The lowest BCUT2D eigenvalue weighted by Gasteiger charge is -2.36. The van der Waals surface area contributed by atoms with Crippen LogP contribution in [0.15, 0.2) is 47.6 Å². The molecule has 2 aliphatic rings. The molecule has 0 saturated carbocycles. The van der Waals surface area contributed by atoms with Gasteiger partial charge in [-0.05, 0) is 65.6 Å². The largest absolute Gasteiger partial charge is 0.404 e. The highest BCUT2D eigenvalue weighted by Gasteiger charge is 2.28. The van der Waals surface area contributed by atoms with Crippen LogP contribution in [0.3, 0.4) is 0 Å². The van der Waals surface area contributed by atoms with Crippen molar-refractivity contribution < 1.29 is 4.79 Å². The summed E-state index contributed by atoms with van der Waals surface area (Å²) in [5.41, 5.74) is 13.8. The second kappa shape index (κ2) is 8.34. The maximum atomic E-state index is 12.2. The van der Waals surface area contributed by atoms with Crippen molar-refractivity contribution in [2.24, 2.45) is 16.6 Å². The first-order valence-corrected chi connectivity index (χ1v) is 10.7. The van der Waals surface area contributed by atoms with E-state index in [1.807, 2.05) is 12.1 Å². The Labute approximate surface area is 178 Å². The number of amides is 1. The van der Waals surface area contributed by atoms with Gasteiger partial charge in [0.15, 0.2) is 0 Å². The summed E-state index contributed by atoms with van der Waals surface area (Å²) < 4.78 is 0. The quantitative estimate of drug-likeness (QED) is 0.721. The van der Waals surface area contributed by atoms with E-state index in [4.69, 9.17) is 5.73 Å². The topological polar surface area (TPSA) is 70.7 Å². The first-order chi connectivity index (χ1) is 14.5. The van der Waals surface area contributed by atoms with Crippen LogP contribution in [-0.4, -0.2) is 25.7 Å². The average Bonchev–Trinajstić information content (AvgIpc) is 2.88. The predicted octanol–water partition coefficient (Wildman–Crippen LogP) is 4.85. The summed E-state index contributed by atoms with van der Waals surface area (Å²) in [5.74, 6) is 0.896.